The summed E-state index contributed by atoms with van der Waals surface area (Å²) in [6.45, 7) is 6.24. The molecule has 250 valence electrons. The van der Waals surface area contributed by atoms with Crippen molar-refractivity contribution in [3.8, 4) is 5.75 Å². The third kappa shape index (κ3) is 7.88. The average Bonchev–Trinajstić information content (AvgIpc) is 3.19. The molecule has 7 rings (SSSR count). The molecule has 4 aromatic carbocycles. The van der Waals surface area contributed by atoms with Crippen LogP contribution in [-0.2, 0) is 17.4 Å². The smallest absolute Gasteiger partial charge is 0.213 e. The van der Waals surface area contributed by atoms with Gasteiger partial charge in [0.2, 0.25) is 5.52 Å². The number of hydrogen-bond donors (Lipinski definition) is 0. The standard InChI is InChI=1S/C47H43N2OS/c1-3-48-35-33-37(44-25-11-13-27-46(44)48)17-15-19-39(20-16-18-38-34-36-49(4-2)47-28-14-12-26-45(38)47)50-40-29-31-43(32-30-40)51(41-21-7-5-8-22-41)42-23-9-6-10-24-42/h5-36,44H,3-4H2,1-2H3/q+3/b18-16+,19-15+,37-17+,39-20-. The van der Waals surface area contributed by atoms with E-state index >= 15 is 0 Å². The van der Waals surface area contributed by atoms with Gasteiger partial charge in [0.15, 0.2) is 32.8 Å². The highest BCUT2D eigenvalue weighted by Gasteiger charge is 2.29. The average molecular weight is 684 g/mol. The number of hydrogen-bond acceptors (Lipinski definition) is 1. The summed E-state index contributed by atoms with van der Waals surface area (Å²) in [6.07, 6.45) is 27.9. The molecule has 2 heterocycles. The van der Waals surface area contributed by atoms with Gasteiger partial charge in [0.1, 0.15) is 24.6 Å². The minimum Gasteiger partial charge on any atom is -0.457 e. The minimum absolute atomic E-state index is 0.218. The van der Waals surface area contributed by atoms with Crippen LogP contribution >= 0.6 is 0 Å². The lowest BCUT2D eigenvalue weighted by Gasteiger charge is -2.18. The van der Waals surface area contributed by atoms with E-state index in [4.69, 9.17) is 4.74 Å². The van der Waals surface area contributed by atoms with Crippen molar-refractivity contribution in [3.05, 3.63) is 205 Å². The number of pyridine rings is 1. The van der Waals surface area contributed by atoms with Crippen molar-refractivity contribution >= 4 is 33.6 Å². The zero-order valence-corrected chi connectivity index (χ0v) is 30.0. The van der Waals surface area contributed by atoms with E-state index in [2.05, 4.69) is 211 Å². The third-order valence-electron chi connectivity index (χ3n) is 9.12. The molecule has 0 amide bonds. The van der Waals surface area contributed by atoms with Gasteiger partial charge >= 0.3 is 0 Å². The fourth-order valence-electron chi connectivity index (χ4n) is 6.56. The predicted octanol–water partition coefficient (Wildman–Crippen LogP) is 10.4. The van der Waals surface area contributed by atoms with Gasteiger partial charge in [-0.25, -0.2) is 4.58 Å². The van der Waals surface area contributed by atoms with Crippen molar-refractivity contribution in [2.45, 2.75) is 35.1 Å². The molecule has 0 saturated heterocycles. The number of fused-ring (bicyclic) bond motifs is 2. The minimum atomic E-state index is -0.218. The summed E-state index contributed by atoms with van der Waals surface area (Å²) >= 11 is 0. The van der Waals surface area contributed by atoms with Gasteiger partial charge < -0.3 is 4.74 Å². The first-order valence-corrected chi connectivity index (χ1v) is 18.9. The van der Waals surface area contributed by atoms with E-state index in [-0.39, 0.29) is 16.8 Å². The maximum atomic E-state index is 6.59. The normalized spacial score (nSPS) is 16.6. The molecule has 51 heavy (non-hydrogen) atoms. The molecule has 2 aliphatic rings. The van der Waals surface area contributed by atoms with Crippen LogP contribution in [0.5, 0.6) is 5.75 Å². The molecular formula is C47H43N2OS+3. The van der Waals surface area contributed by atoms with E-state index in [0.717, 1.165) is 24.6 Å². The second-order valence-corrected chi connectivity index (χ2v) is 14.3. The molecule has 0 N–H and O–H groups in total. The van der Waals surface area contributed by atoms with Crippen LogP contribution < -0.4 is 9.30 Å². The molecule has 1 atom stereocenters. The Labute approximate surface area is 304 Å². The highest BCUT2D eigenvalue weighted by atomic mass is 32.2. The number of para-hydroxylation sites is 1. The maximum Gasteiger partial charge on any atom is 0.213 e. The summed E-state index contributed by atoms with van der Waals surface area (Å²) < 4.78 is 11.2. The molecule has 1 aliphatic carbocycles. The van der Waals surface area contributed by atoms with Crippen molar-refractivity contribution in [3.63, 3.8) is 0 Å². The van der Waals surface area contributed by atoms with E-state index in [1.54, 1.807) is 0 Å². The fourth-order valence-corrected chi connectivity index (χ4v) is 8.64. The SMILES string of the molecule is CC[N+]1=C2C=CC=CC2/C(=C/C=C/C(=C/C=C/c2cc[n+](CC)c3ccccc23)Oc2ccc([S+](c3ccccc3)c3ccccc3)cc2)C=C1. The second kappa shape index (κ2) is 16.3. The molecule has 1 aliphatic heterocycles. The molecule has 3 nitrogen and oxygen atoms in total. The maximum absolute atomic E-state index is 6.59. The number of nitrogens with zero attached hydrogens (tertiary/aromatic N) is 2. The molecule has 5 aromatic rings. The molecule has 1 unspecified atom stereocenters. The summed E-state index contributed by atoms with van der Waals surface area (Å²) in [5.41, 5.74) is 4.95. The molecule has 0 bridgehead atoms. The Morgan fingerprint density at radius 3 is 2.16 bits per heavy atom. The lowest BCUT2D eigenvalue weighted by molar-refractivity contribution is -0.667. The van der Waals surface area contributed by atoms with Gasteiger partial charge in [0.25, 0.3) is 0 Å². The molecule has 0 fully saturated rings. The second-order valence-electron chi connectivity index (χ2n) is 12.3. The molecular weight excluding hydrogens is 641 g/mol. The number of rotatable bonds is 11. The summed E-state index contributed by atoms with van der Waals surface area (Å²) in [7, 11) is -0.218. The summed E-state index contributed by atoms with van der Waals surface area (Å²) in [4.78, 5) is 3.83. The van der Waals surface area contributed by atoms with Gasteiger partial charge in [-0.3, -0.25) is 0 Å². The Morgan fingerprint density at radius 2 is 1.43 bits per heavy atom. The molecule has 0 radical (unpaired) electrons. The molecule has 4 heteroatoms. The quantitative estimate of drug-likeness (QED) is 0.0586. The number of aromatic nitrogens is 1. The van der Waals surface area contributed by atoms with E-state index < -0.39 is 0 Å². The van der Waals surface area contributed by atoms with Crippen LogP contribution in [0.25, 0.3) is 17.0 Å². The fraction of sp³-hybridized carbons (Fsp3) is 0.106. The van der Waals surface area contributed by atoms with Crippen molar-refractivity contribution in [2.75, 3.05) is 6.54 Å². The van der Waals surface area contributed by atoms with Crippen molar-refractivity contribution in [1.29, 1.82) is 0 Å². The van der Waals surface area contributed by atoms with Crippen molar-refractivity contribution < 1.29 is 13.9 Å². The third-order valence-corrected chi connectivity index (χ3v) is 11.3. The van der Waals surface area contributed by atoms with Crippen LogP contribution in [0.15, 0.2) is 214 Å². The van der Waals surface area contributed by atoms with Gasteiger partial charge in [-0.05, 0) is 91.7 Å². The first kappa shape index (κ1) is 33.8. The molecule has 0 spiro atoms. The number of benzene rings is 4. The topological polar surface area (TPSA) is 16.1 Å². The monoisotopic (exact) mass is 683 g/mol. The van der Waals surface area contributed by atoms with E-state index in [1.165, 1.54) is 42.4 Å². The van der Waals surface area contributed by atoms with Crippen LogP contribution in [0.1, 0.15) is 19.4 Å². The highest BCUT2D eigenvalue weighted by Crippen LogP contribution is 2.32. The van der Waals surface area contributed by atoms with Crippen LogP contribution in [0.2, 0.25) is 0 Å². The highest BCUT2D eigenvalue weighted by molar-refractivity contribution is 7.97. The van der Waals surface area contributed by atoms with Gasteiger partial charge in [0, 0.05) is 24.3 Å². The number of ether oxygens (including phenoxy) is 1. The van der Waals surface area contributed by atoms with Gasteiger partial charge in [-0.1, -0.05) is 91.1 Å². The Kier molecular flexibility index (Phi) is 10.8. The van der Waals surface area contributed by atoms with Gasteiger partial charge in [-0.2, -0.15) is 4.57 Å². The van der Waals surface area contributed by atoms with Crippen LogP contribution in [0.3, 0.4) is 0 Å². The molecule has 1 aromatic heterocycles. The van der Waals surface area contributed by atoms with Crippen LogP contribution in [-0.4, -0.2) is 16.8 Å². The van der Waals surface area contributed by atoms with Gasteiger partial charge in [0.05, 0.1) is 22.2 Å². The van der Waals surface area contributed by atoms with Crippen molar-refractivity contribution in [1.82, 2.24) is 0 Å². The van der Waals surface area contributed by atoms with Gasteiger partial charge in [-0.15, -0.1) is 0 Å². The zero-order chi connectivity index (χ0) is 34.8. The lowest BCUT2D eigenvalue weighted by Crippen LogP contribution is -2.32. The Balaban J connectivity index is 1.19. The summed E-state index contributed by atoms with van der Waals surface area (Å²) in [5, 5.41) is 1.23. The van der Waals surface area contributed by atoms with E-state index in [9.17, 15) is 0 Å². The first-order chi connectivity index (χ1) is 25.2. The van der Waals surface area contributed by atoms with Crippen molar-refractivity contribution in [2.24, 2.45) is 5.92 Å². The number of aryl methyl sites for hydroxylation is 1. The summed E-state index contributed by atoms with van der Waals surface area (Å²) in [6, 6.07) is 40.8. The van der Waals surface area contributed by atoms with Crippen LogP contribution in [0, 0.1) is 5.92 Å². The Morgan fingerprint density at radius 1 is 0.725 bits per heavy atom. The van der Waals surface area contributed by atoms with E-state index in [0.29, 0.717) is 0 Å². The summed E-state index contributed by atoms with van der Waals surface area (Å²) in [5.74, 6) is 1.79. The Bertz CT molecular complexity index is 2200. The lowest BCUT2D eigenvalue weighted by atomic mass is 9.88. The largest absolute Gasteiger partial charge is 0.457 e. The molecule has 0 saturated carbocycles. The van der Waals surface area contributed by atoms with E-state index in [1.807, 2.05) is 6.08 Å². The predicted molar refractivity (Wildman–Crippen MR) is 213 cm³/mol. The van der Waals surface area contributed by atoms with Crippen LogP contribution in [0.4, 0.5) is 0 Å². The zero-order valence-electron chi connectivity index (χ0n) is 29.2. The number of allylic oxidation sites excluding steroid dienone is 11. The Hall–Kier alpha value is -5.71. The first-order valence-electron chi connectivity index (χ1n) is 17.7.